The number of hydrogen-bond donors (Lipinski definition) is 6. The smallest absolute Gasteiger partial charge is 0.395 e. The van der Waals surface area contributed by atoms with Crippen LogP contribution in [0.1, 0.15) is 194 Å². The van der Waals surface area contributed by atoms with Crippen molar-refractivity contribution in [3.8, 4) is 0 Å². The maximum absolute atomic E-state index is 13.3. The molecular formula is C37H76NO9P. The lowest BCUT2D eigenvalue weighted by Crippen LogP contribution is -2.58. The second-order valence-corrected chi connectivity index (χ2v) is 14.5. The molecule has 10 nitrogen and oxygen atoms in total. The molecule has 0 bridgehead atoms. The number of rotatable bonds is 35. The first-order valence-electron chi connectivity index (χ1n) is 19.5. The average Bonchev–Trinajstić information content (AvgIpc) is 3.06. The lowest BCUT2D eigenvalue weighted by atomic mass is 9.82. The van der Waals surface area contributed by atoms with Gasteiger partial charge in [-0.25, -0.2) is 4.57 Å². The molecule has 0 saturated carbocycles. The molecule has 0 saturated heterocycles. The standard InChI is InChI=1S/C35H69O8P.C2H7NO/c1-3-5-7-9-11-13-15-16-17-18-20-22-24-26-28-30-33(38)35(34(39)31-36,43-44(40,41)42)32(37)29-27-25-23-21-19-14-12-10-8-6-4-2;3-1-2-4/h34,36,39H,3-31H2,1-2H3,(H2,40,41,42);4H,1-3H2. The average molecular weight is 710 g/mol. The Bertz CT molecular complexity index is 778. The Hall–Kier alpha value is -0.710. The monoisotopic (exact) mass is 710 g/mol. The maximum atomic E-state index is 13.3. The van der Waals surface area contributed by atoms with E-state index in [0.29, 0.717) is 19.4 Å². The summed E-state index contributed by atoms with van der Waals surface area (Å²) >= 11 is 0. The predicted octanol–water partition coefficient (Wildman–Crippen LogP) is 8.23. The second kappa shape index (κ2) is 34.7. The number of carbonyl (C=O) groups excluding carboxylic acids is 2. The van der Waals surface area contributed by atoms with Crippen LogP contribution in [0.5, 0.6) is 0 Å². The van der Waals surface area contributed by atoms with Crippen molar-refractivity contribution >= 4 is 19.4 Å². The number of unbranched alkanes of at least 4 members (excludes halogenated alkanes) is 24. The van der Waals surface area contributed by atoms with Crippen molar-refractivity contribution in [1.29, 1.82) is 0 Å². The molecule has 0 amide bonds. The van der Waals surface area contributed by atoms with Gasteiger partial charge in [0.1, 0.15) is 6.10 Å². The van der Waals surface area contributed by atoms with Crippen molar-refractivity contribution in [1.82, 2.24) is 0 Å². The Balaban J connectivity index is 0. The number of phosphoric acid groups is 1. The van der Waals surface area contributed by atoms with Crippen molar-refractivity contribution in [2.45, 2.75) is 205 Å². The van der Waals surface area contributed by atoms with Gasteiger partial charge in [0, 0.05) is 19.4 Å². The fraction of sp³-hybridized carbons (Fsp3) is 0.946. The van der Waals surface area contributed by atoms with Crippen LogP contribution in [0.4, 0.5) is 0 Å². The number of aliphatic hydroxyl groups excluding tert-OH is 3. The molecule has 0 aromatic carbocycles. The summed E-state index contributed by atoms with van der Waals surface area (Å²) < 4.78 is 16.6. The van der Waals surface area contributed by atoms with Crippen molar-refractivity contribution in [3.63, 3.8) is 0 Å². The van der Waals surface area contributed by atoms with E-state index in [1.165, 1.54) is 103 Å². The van der Waals surface area contributed by atoms with E-state index >= 15 is 0 Å². The van der Waals surface area contributed by atoms with Crippen LogP contribution in [-0.4, -0.2) is 68.1 Å². The molecular weight excluding hydrogens is 633 g/mol. The van der Waals surface area contributed by atoms with Crippen molar-refractivity contribution in [2.75, 3.05) is 19.8 Å². The zero-order chi connectivity index (χ0) is 36.4. The number of aliphatic hydroxyl groups is 3. The lowest BCUT2D eigenvalue weighted by molar-refractivity contribution is -0.164. The third-order valence-corrected chi connectivity index (χ3v) is 9.40. The minimum absolute atomic E-state index is 0.0972. The molecule has 0 aromatic rings. The number of carbonyl (C=O) groups is 2. The highest BCUT2D eigenvalue weighted by molar-refractivity contribution is 7.46. The van der Waals surface area contributed by atoms with Crippen LogP contribution in [0.15, 0.2) is 0 Å². The van der Waals surface area contributed by atoms with Gasteiger partial charge in [0.2, 0.25) is 5.60 Å². The van der Waals surface area contributed by atoms with Crippen molar-refractivity contribution in [3.05, 3.63) is 0 Å². The zero-order valence-electron chi connectivity index (χ0n) is 30.9. The van der Waals surface area contributed by atoms with Gasteiger partial charge in [-0.05, 0) is 12.8 Å². The minimum Gasteiger partial charge on any atom is -0.395 e. The van der Waals surface area contributed by atoms with Gasteiger partial charge in [0.25, 0.3) is 0 Å². The molecule has 2 unspecified atom stereocenters. The van der Waals surface area contributed by atoms with Crippen LogP contribution in [0.25, 0.3) is 0 Å². The topological polar surface area (TPSA) is 188 Å². The molecule has 0 aliphatic rings. The quantitative estimate of drug-likeness (QED) is 0.0213. The summed E-state index contributed by atoms with van der Waals surface area (Å²) in [6.07, 6.45) is 26.7. The second-order valence-electron chi connectivity index (χ2n) is 13.4. The Morgan fingerprint density at radius 2 is 0.833 bits per heavy atom. The Kier molecular flexibility index (Phi) is 35.7. The largest absolute Gasteiger partial charge is 0.471 e. The number of hydrogen-bond acceptors (Lipinski definition) is 8. The maximum Gasteiger partial charge on any atom is 0.471 e. The molecule has 0 aromatic heterocycles. The molecule has 0 rings (SSSR count). The van der Waals surface area contributed by atoms with E-state index in [9.17, 15) is 34.2 Å². The van der Waals surface area contributed by atoms with Gasteiger partial charge in [-0.2, -0.15) is 0 Å². The van der Waals surface area contributed by atoms with Crippen molar-refractivity contribution in [2.24, 2.45) is 5.73 Å². The Morgan fingerprint density at radius 3 is 1.04 bits per heavy atom. The third kappa shape index (κ3) is 28.0. The van der Waals surface area contributed by atoms with Crippen LogP contribution >= 0.6 is 7.82 Å². The minimum atomic E-state index is -5.32. The third-order valence-electron chi connectivity index (χ3n) is 8.88. The predicted molar refractivity (Wildman–Crippen MR) is 196 cm³/mol. The molecule has 0 radical (unpaired) electrons. The summed E-state index contributed by atoms with van der Waals surface area (Å²) in [5, 5.41) is 27.9. The van der Waals surface area contributed by atoms with Crippen molar-refractivity contribution < 1.29 is 43.8 Å². The molecule has 0 aliphatic carbocycles. The van der Waals surface area contributed by atoms with Gasteiger partial charge in [0.05, 0.1) is 13.2 Å². The summed E-state index contributed by atoms with van der Waals surface area (Å²) in [5.74, 6) is -1.74. The Labute approximate surface area is 293 Å². The summed E-state index contributed by atoms with van der Waals surface area (Å²) in [4.78, 5) is 45.6. The fourth-order valence-electron chi connectivity index (χ4n) is 5.98. The normalized spacial score (nSPS) is 13.5. The number of phosphoric ester groups is 1. The van der Waals surface area contributed by atoms with Gasteiger partial charge < -0.3 is 30.8 Å². The molecule has 0 fully saturated rings. The van der Waals surface area contributed by atoms with E-state index in [-0.39, 0.29) is 19.4 Å². The molecule has 0 aliphatic heterocycles. The summed E-state index contributed by atoms with van der Waals surface area (Å²) in [7, 11) is -5.32. The van der Waals surface area contributed by atoms with E-state index in [1.807, 2.05) is 0 Å². The molecule has 0 heterocycles. The highest BCUT2D eigenvalue weighted by Gasteiger charge is 2.55. The fourth-order valence-corrected chi connectivity index (χ4v) is 6.68. The van der Waals surface area contributed by atoms with Gasteiger partial charge in [0.15, 0.2) is 11.6 Å². The number of Topliss-reactive ketones (excluding diaryl/α,β-unsaturated/α-hetero) is 2. The Morgan fingerprint density at radius 1 is 0.583 bits per heavy atom. The first-order chi connectivity index (χ1) is 23.1. The number of nitrogens with two attached hydrogens (primary N) is 1. The van der Waals surface area contributed by atoms with Gasteiger partial charge in [-0.3, -0.25) is 14.1 Å². The molecule has 11 heteroatoms. The van der Waals surface area contributed by atoms with E-state index in [2.05, 4.69) is 13.8 Å². The van der Waals surface area contributed by atoms with Crippen LogP contribution in [0, 0.1) is 0 Å². The molecule has 7 N–H and O–H groups in total. The molecule has 2 atom stereocenters. The van der Waals surface area contributed by atoms with Crippen LogP contribution in [0.3, 0.4) is 0 Å². The van der Waals surface area contributed by atoms with Crippen LogP contribution in [-0.2, 0) is 18.7 Å². The van der Waals surface area contributed by atoms with Gasteiger partial charge in [-0.1, -0.05) is 168 Å². The van der Waals surface area contributed by atoms with E-state index in [0.717, 1.165) is 51.4 Å². The van der Waals surface area contributed by atoms with E-state index in [1.54, 1.807) is 0 Å². The van der Waals surface area contributed by atoms with E-state index in [4.69, 9.17) is 15.4 Å². The summed E-state index contributed by atoms with van der Waals surface area (Å²) in [6, 6.07) is 0. The first kappa shape index (κ1) is 49.4. The molecule has 288 valence electrons. The molecule has 0 spiro atoms. The summed E-state index contributed by atoms with van der Waals surface area (Å²) in [5.41, 5.74) is 2.03. The zero-order valence-corrected chi connectivity index (χ0v) is 31.8. The van der Waals surface area contributed by atoms with Crippen LogP contribution in [0.2, 0.25) is 0 Å². The first-order valence-corrected chi connectivity index (χ1v) is 21.0. The van der Waals surface area contributed by atoms with Gasteiger partial charge >= 0.3 is 7.82 Å². The van der Waals surface area contributed by atoms with Crippen LogP contribution < -0.4 is 5.73 Å². The SMILES string of the molecule is CCCCCCCCCCCCCCCCCC(=O)C(OP(=O)(O)O)(C(=O)CCCCCCCCCCCCC)C(O)CO.NCCO. The summed E-state index contributed by atoms with van der Waals surface area (Å²) in [6.45, 7) is 3.90. The highest BCUT2D eigenvalue weighted by atomic mass is 31.2. The lowest BCUT2D eigenvalue weighted by Gasteiger charge is -2.34. The number of ketones is 2. The van der Waals surface area contributed by atoms with Gasteiger partial charge in [-0.15, -0.1) is 0 Å². The highest BCUT2D eigenvalue weighted by Crippen LogP contribution is 2.44. The molecule has 48 heavy (non-hydrogen) atoms. The van der Waals surface area contributed by atoms with E-state index < -0.39 is 37.7 Å².